The van der Waals surface area contributed by atoms with Crippen LogP contribution in [0.15, 0.2) is 175 Å². The summed E-state index contributed by atoms with van der Waals surface area (Å²) in [6.07, 6.45) is 8.51. The highest BCUT2D eigenvalue weighted by atomic mass is 32.2. The standard InChI is InChI=1S/C68H52F6N2S2/c69-67(70,71)43-23-15-21-41(37-43)59-57(39-17-3-1-4-18-39)65(75-51-29-11-7-25-45(51)47-33-35-55-61(63(47)75)49-27-9-13-31-53(49)77-55)58(40-19-5-2-6-20-40)60(42-22-16-24-44(38-42)68(72,73)74)66(59)76-52-30-12-8-26-46(52)48-34-36-56-62(64(48)76)50-28-10-14-32-54(50)78-56/h7-16,21-40,49,53H,1-6,17-20H2. The second-order valence-corrected chi connectivity index (χ2v) is 24.3. The Bertz CT molecular complexity index is 4220. The second kappa shape index (κ2) is 18.3. The number of thioether (sulfide) groups is 1. The number of allylic oxidation sites excluding steroid dienone is 3. The topological polar surface area (TPSA) is 9.86 Å². The highest BCUT2D eigenvalue weighted by molar-refractivity contribution is 8.00. The maximum atomic E-state index is 15.6. The highest BCUT2D eigenvalue weighted by Crippen LogP contribution is 2.59. The number of benzene rings is 8. The van der Waals surface area contributed by atoms with E-state index in [4.69, 9.17) is 0 Å². The van der Waals surface area contributed by atoms with Crippen LogP contribution in [0.3, 0.4) is 0 Å². The van der Waals surface area contributed by atoms with Gasteiger partial charge in [0.15, 0.2) is 0 Å². The predicted octanol–water partition coefficient (Wildman–Crippen LogP) is 21.4. The average Bonchev–Trinajstić information content (AvgIpc) is 4.19. The highest BCUT2D eigenvalue weighted by Gasteiger charge is 2.41. The fourth-order valence-corrected chi connectivity index (χ4v) is 16.9. The Morgan fingerprint density at radius 3 is 1.56 bits per heavy atom. The lowest BCUT2D eigenvalue weighted by Crippen LogP contribution is -2.20. The molecule has 4 heterocycles. The van der Waals surface area contributed by atoms with Crippen molar-refractivity contribution in [3.8, 4) is 33.6 Å². The first-order valence-electron chi connectivity index (χ1n) is 27.5. The first-order valence-corrected chi connectivity index (χ1v) is 29.2. The third-order valence-electron chi connectivity index (χ3n) is 17.6. The predicted molar refractivity (Wildman–Crippen MR) is 311 cm³/mol. The van der Waals surface area contributed by atoms with Crippen LogP contribution in [0, 0.1) is 0 Å². The molecule has 0 bridgehead atoms. The lowest BCUT2D eigenvalue weighted by Gasteiger charge is -2.37. The van der Waals surface area contributed by atoms with Crippen LogP contribution in [0.2, 0.25) is 0 Å². The Balaban J connectivity index is 1.26. The van der Waals surface area contributed by atoms with Gasteiger partial charge in [0.1, 0.15) is 0 Å². The molecule has 2 saturated carbocycles. The molecule has 11 aromatic rings. The van der Waals surface area contributed by atoms with Crippen LogP contribution < -0.4 is 0 Å². The van der Waals surface area contributed by atoms with Crippen molar-refractivity contribution in [3.63, 3.8) is 0 Å². The number of rotatable bonds is 6. The van der Waals surface area contributed by atoms with Gasteiger partial charge in [-0.2, -0.15) is 26.3 Å². The van der Waals surface area contributed by atoms with E-state index in [1.54, 1.807) is 11.3 Å². The van der Waals surface area contributed by atoms with Crippen molar-refractivity contribution < 1.29 is 26.3 Å². The van der Waals surface area contributed by atoms with Crippen molar-refractivity contribution in [2.45, 2.75) is 104 Å². The van der Waals surface area contributed by atoms with Crippen LogP contribution in [0.5, 0.6) is 0 Å². The van der Waals surface area contributed by atoms with E-state index in [0.29, 0.717) is 27.9 Å². The molecule has 0 N–H and O–H groups in total. The summed E-state index contributed by atoms with van der Waals surface area (Å²) >= 11 is 3.55. The summed E-state index contributed by atoms with van der Waals surface area (Å²) in [7, 11) is 0. The number of hydrogen-bond donors (Lipinski definition) is 0. The van der Waals surface area contributed by atoms with Gasteiger partial charge in [0.2, 0.25) is 0 Å². The first-order chi connectivity index (χ1) is 38.0. The Hall–Kier alpha value is -7.01. The van der Waals surface area contributed by atoms with Crippen molar-refractivity contribution in [3.05, 3.63) is 198 Å². The maximum Gasteiger partial charge on any atom is 0.416 e. The zero-order valence-electron chi connectivity index (χ0n) is 42.5. The number of para-hydroxylation sites is 2. The van der Waals surface area contributed by atoms with Crippen LogP contribution in [0.25, 0.3) is 97.4 Å². The van der Waals surface area contributed by atoms with Crippen molar-refractivity contribution in [1.29, 1.82) is 0 Å². The minimum atomic E-state index is -4.69. The van der Waals surface area contributed by atoms with Crippen molar-refractivity contribution in [2.24, 2.45) is 0 Å². The number of nitrogens with zero attached hydrogens (tertiary/aromatic N) is 2. The normalized spacial score (nSPS) is 18.4. The Morgan fingerprint density at radius 2 is 0.962 bits per heavy atom. The van der Waals surface area contributed by atoms with E-state index in [2.05, 4.69) is 106 Å². The molecule has 2 unspecified atom stereocenters. The third-order valence-corrected chi connectivity index (χ3v) is 20.1. The SMILES string of the molecule is FC(F)(F)c1cccc(-c2c(C3CCCCC3)c(-n3c4ccccc4c4ccc5c(c43)C3C=CC=CC3S5)c(C3CCCCC3)c(-c3cccc(C(F)(F)F)c3)c2-n2c3ccccc3c3ccc4sc5ccccc5c4c32)c1. The van der Waals surface area contributed by atoms with Gasteiger partial charge in [0, 0.05) is 68.9 Å². The molecule has 388 valence electrons. The average molecular weight is 1080 g/mol. The number of fused-ring (bicyclic) bond motifs is 14. The summed E-state index contributed by atoms with van der Waals surface area (Å²) in [6, 6.07) is 45.6. The van der Waals surface area contributed by atoms with Gasteiger partial charge in [0.05, 0.1) is 44.6 Å². The Kier molecular flexibility index (Phi) is 11.3. The molecule has 2 nitrogen and oxygen atoms in total. The third kappa shape index (κ3) is 7.44. The molecule has 3 aromatic heterocycles. The van der Waals surface area contributed by atoms with Gasteiger partial charge in [-0.3, -0.25) is 0 Å². The Morgan fingerprint density at radius 1 is 0.436 bits per heavy atom. The molecule has 8 aromatic carbocycles. The van der Waals surface area contributed by atoms with Gasteiger partial charge >= 0.3 is 12.4 Å². The summed E-state index contributed by atoms with van der Waals surface area (Å²) in [5.41, 5.74) is 8.99. The monoisotopic (exact) mass is 1070 g/mol. The molecule has 3 aliphatic carbocycles. The van der Waals surface area contributed by atoms with Gasteiger partial charge in [-0.15, -0.1) is 23.1 Å². The van der Waals surface area contributed by atoms with E-state index < -0.39 is 23.5 Å². The van der Waals surface area contributed by atoms with E-state index in [-0.39, 0.29) is 23.0 Å². The lowest BCUT2D eigenvalue weighted by molar-refractivity contribution is -0.138. The molecular formula is C68H52F6N2S2. The molecular weight excluding hydrogens is 1020 g/mol. The number of aromatic nitrogens is 2. The summed E-state index contributed by atoms with van der Waals surface area (Å²) < 4.78 is 101. The minimum absolute atomic E-state index is 0.0450. The molecule has 0 saturated heterocycles. The summed E-state index contributed by atoms with van der Waals surface area (Å²) in [5, 5.41) is 6.29. The molecule has 2 atom stereocenters. The van der Waals surface area contributed by atoms with Crippen molar-refractivity contribution >= 4 is 86.9 Å². The van der Waals surface area contributed by atoms with Crippen LogP contribution in [0.4, 0.5) is 26.3 Å². The number of thiophene rings is 1. The van der Waals surface area contributed by atoms with Gasteiger partial charge in [-0.05, 0) is 120 Å². The lowest BCUT2D eigenvalue weighted by atomic mass is 9.72. The van der Waals surface area contributed by atoms with E-state index in [1.807, 2.05) is 48.2 Å². The zero-order chi connectivity index (χ0) is 52.6. The molecule has 0 spiro atoms. The molecule has 0 radical (unpaired) electrons. The van der Waals surface area contributed by atoms with E-state index in [0.717, 1.165) is 157 Å². The van der Waals surface area contributed by atoms with Crippen molar-refractivity contribution in [2.75, 3.05) is 0 Å². The second-order valence-electron chi connectivity index (χ2n) is 22.0. The molecule has 1 aliphatic heterocycles. The first kappa shape index (κ1) is 48.1. The maximum absolute atomic E-state index is 15.6. The van der Waals surface area contributed by atoms with Gasteiger partial charge in [0.25, 0.3) is 0 Å². The van der Waals surface area contributed by atoms with Crippen molar-refractivity contribution in [1.82, 2.24) is 9.13 Å². The van der Waals surface area contributed by atoms with E-state index in [9.17, 15) is 0 Å². The minimum Gasteiger partial charge on any atom is -0.308 e. The van der Waals surface area contributed by atoms with Gasteiger partial charge in [-0.25, -0.2) is 0 Å². The molecule has 0 amide bonds. The number of hydrogen-bond acceptors (Lipinski definition) is 2. The van der Waals surface area contributed by atoms with Gasteiger partial charge < -0.3 is 9.13 Å². The van der Waals surface area contributed by atoms with Crippen LogP contribution in [0.1, 0.15) is 110 Å². The summed E-state index contributed by atoms with van der Waals surface area (Å²) in [5.74, 6) is -0.182. The quantitative estimate of drug-likeness (QED) is 0.151. The Labute approximate surface area is 455 Å². The zero-order valence-corrected chi connectivity index (χ0v) is 44.2. The largest absolute Gasteiger partial charge is 0.416 e. The molecule has 78 heavy (non-hydrogen) atoms. The van der Waals surface area contributed by atoms with Crippen LogP contribution in [-0.4, -0.2) is 14.4 Å². The van der Waals surface area contributed by atoms with Gasteiger partial charge in [-0.1, -0.05) is 154 Å². The summed E-state index contributed by atoms with van der Waals surface area (Å²) in [4.78, 5) is 1.18. The molecule has 4 aliphatic rings. The van der Waals surface area contributed by atoms with Crippen LogP contribution >= 0.6 is 23.1 Å². The van der Waals surface area contributed by atoms with E-state index in [1.165, 1.54) is 34.7 Å². The number of alkyl halides is 6. The molecule has 10 heteroatoms. The fourth-order valence-electron chi connectivity index (χ4n) is 14.4. The fraction of sp³-hybridized carbons (Fsp3) is 0.235. The number of halogens is 6. The van der Waals surface area contributed by atoms with Crippen LogP contribution in [-0.2, 0) is 12.4 Å². The smallest absolute Gasteiger partial charge is 0.308 e. The molecule has 15 rings (SSSR count). The summed E-state index contributed by atoms with van der Waals surface area (Å²) in [6.45, 7) is 0. The van der Waals surface area contributed by atoms with E-state index >= 15 is 26.3 Å². The molecule has 2 fully saturated rings.